The van der Waals surface area contributed by atoms with Crippen LogP contribution in [0.2, 0.25) is 0 Å². The van der Waals surface area contributed by atoms with Gasteiger partial charge in [0.15, 0.2) is 0 Å². The molecule has 1 aliphatic rings. The molecule has 0 fully saturated rings. The molecule has 0 bridgehead atoms. The molecule has 1 aromatic heterocycles. The summed E-state index contributed by atoms with van der Waals surface area (Å²) in [7, 11) is 1.84. The predicted molar refractivity (Wildman–Crippen MR) is 101 cm³/mol. The van der Waals surface area contributed by atoms with Crippen molar-refractivity contribution in [3.05, 3.63) is 59.8 Å². The number of fused-ring (bicyclic) bond motifs is 1. The Morgan fingerprint density at radius 2 is 2.04 bits per heavy atom. The van der Waals surface area contributed by atoms with Crippen LogP contribution in [0.3, 0.4) is 0 Å². The van der Waals surface area contributed by atoms with E-state index >= 15 is 0 Å². The Morgan fingerprint density at radius 3 is 2.88 bits per heavy atom. The third kappa shape index (κ3) is 3.07. The molecule has 0 atom stereocenters. The molecule has 1 N–H and O–H groups in total. The Balaban J connectivity index is 1.68. The van der Waals surface area contributed by atoms with Crippen LogP contribution in [0.1, 0.15) is 17.5 Å². The fraction of sp³-hybridized carbons (Fsp3) is 0.200. The van der Waals surface area contributed by atoms with Crippen LogP contribution in [0, 0.1) is 6.92 Å². The summed E-state index contributed by atoms with van der Waals surface area (Å²) in [6.07, 6.45) is 3.24. The number of nitrogens with one attached hydrogen (secondary N) is 1. The van der Waals surface area contributed by atoms with E-state index in [1.165, 1.54) is 16.0 Å². The number of nitrogens with zero attached hydrogens (tertiary/aromatic N) is 2. The van der Waals surface area contributed by atoms with E-state index in [4.69, 9.17) is 0 Å². The number of amides is 1. The van der Waals surface area contributed by atoms with Crippen molar-refractivity contribution in [2.75, 3.05) is 11.9 Å². The lowest BCUT2D eigenvalue weighted by Crippen LogP contribution is -2.30. The number of hydrogen-bond acceptors (Lipinski definition) is 3. The van der Waals surface area contributed by atoms with Crippen molar-refractivity contribution in [3.63, 3.8) is 0 Å². The van der Waals surface area contributed by atoms with Crippen molar-refractivity contribution >= 4 is 23.4 Å². The molecular formula is C20H19N3OS. The van der Waals surface area contributed by atoms with Crippen molar-refractivity contribution in [2.24, 2.45) is 0 Å². The highest BCUT2D eigenvalue weighted by Gasteiger charge is 2.21. The minimum absolute atomic E-state index is 0.178. The van der Waals surface area contributed by atoms with E-state index in [9.17, 15) is 4.79 Å². The smallest absolute Gasteiger partial charge is 0.227 e. The molecule has 0 unspecified atom stereocenters. The van der Waals surface area contributed by atoms with E-state index in [2.05, 4.69) is 53.5 Å². The van der Waals surface area contributed by atoms with Crippen LogP contribution in [0.25, 0.3) is 11.3 Å². The molecule has 2 heterocycles. The second kappa shape index (κ2) is 6.41. The van der Waals surface area contributed by atoms with E-state index < -0.39 is 0 Å². The van der Waals surface area contributed by atoms with E-state index in [1.54, 1.807) is 16.7 Å². The first-order valence-corrected chi connectivity index (χ1v) is 9.11. The zero-order valence-electron chi connectivity index (χ0n) is 14.2. The number of carbonyl (C=O) groups excluding carboxylic acids is 1. The summed E-state index contributed by atoms with van der Waals surface area (Å²) < 4.78 is 0. The van der Waals surface area contributed by atoms with Gasteiger partial charge >= 0.3 is 0 Å². The Labute approximate surface area is 151 Å². The zero-order chi connectivity index (χ0) is 17.4. The summed E-state index contributed by atoms with van der Waals surface area (Å²) >= 11 is 1.71. The molecular weight excluding hydrogens is 330 g/mol. The van der Waals surface area contributed by atoms with Crippen LogP contribution in [-0.2, 0) is 11.2 Å². The highest BCUT2D eigenvalue weighted by atomic mass is 32.2. The molecule has 126 valence electrons. The van der Waals surface area contributed by atoms with Gasteiger partial charge in [0.05, 0.1) is 16.8 Å². The molecule has 4 nitrogen and oxygen atoms in total. The fourth-order valence-electron chi connectivity index (χ4n) is 3.18. The maximum Gasteiger partial charge on any atom is 0.227 e. The van der Waals surface area contributed by atoms with Gasteiger partial charge < -0.3 is 4.90 Å². The number of anilines is 1. The number of aromatic amines is 1. The summed E-state index contributed by atoms with van der Waals surface area (Å²) in [5.41, 5.74) is 5.59. The van der Waals surface area contributed by atoms with Gasteiger partial charge in [0.2, 0.25) is 5.91 Å². The average molecular weight is 349 g/mol. The summed E-state index contributed by atoms with van der Waals surface area (Å²) in [4.78, 5) is 15.9. The van der Waals surface area contributed by atoms with Gasteiger partial charge in [0.1, 0.15) is 0 Å². The third-order valence-corrected chi connectivity index (χ3v) is 5.55. The maximum atomic E-state index is 11.9. The molecule has 3 aromatic rings. The van der Waals surface area contributed by atoms with E-state index in [-0.39, 0.29) is 5.91 Å². The molecule has 0 saturated carbocycles. The first kappa shape index (κ1) is 16.0. The topological polar surface area (TPSA) is 49.0 Å². The number of H-pyrrole nitrogens is 1. The van der Waals surface area contributed by atoms with Crippen molar-refractivity contribution in [3.8, 4) is 11.3 Å². The molecule has 0 spiro atoms. The zero-order valence-corrected chi connectivity index (χ0v) is 15.1. The SMILES string of the molecule is Cc1cccc(Sc2cn[nH]c2-c2ccc3c(c2)CCC(=O)N3C)c1. The van der Waals surface area contributed by atoms with Gasteiger partial charge in [-0.15, -0.1) is 0 Å². The summed E-state index contributed by atoms with van der Waals surface area (Å²) in [6.45, 7) is 2.10. The van der Waals surface area contributed by atoms with Crippen molar-refractivity contribution < 1.29 is 4.79 Å². The molecule has 25 heavy (non-hydrogen) atoms. The number of hydrogen-bond donors (Lipinski definition) is 1. The number of aromatic nitrogens is 2. The van der Waals surface area contributed by atoms with Gasteiger partial charge in [-0.3, -0.25) is 9.89 Å². The van der Waals surface area contributed by atoms with Crippen LogP contribution in [0.15, 0.2) is 58.5 Å². The van der Waals surface area contributed by atoms with Crippen LogP contribution in [0.4, 0.5) is 5.69 Å². The molecule has 0 radical (unpaired) electrons. The molecule has 1 aliphatic heterocycles. The maximum absolute atomic E-state index is 11.9. The van der Waals surface area contributed by atoms with Crippen molar-refractivity contribution in [1.82, 2.24) is 10.2 Å². The number of carbonyl (C=O) groups is 1. The monoisotopic (exact) mass is 349 g/mol. The summed E-state index contributed by atoms with van der Waals surface area (Å²) in [6, 6.07) is 14.7. The Bertz CT molecular complexity index is 948. The fourth-order valence-corrected chi connectivity index (χ4v) is 4.19. The largest absolute Gasteiger partial charge is 0.315 e. The van der Waals surface area contributed by atoms with Crippen molar-refractivity contribution in [1.29, 1.82) is 0 Å². The van der Waals surface area contributed by atoms with E-state index in [0.717, 1.165) is 28.3 Å². The summed E-state index contributed by atoms with van der Waals surface area (Å²) in [5, 5.41) is 7.38. The Morgan fingerprint density at radius 1 is 1.16 bits per heavy atom. The lowest BCUT2D eigenvalue weighted by molar-refractivity contribution is -0.118. The van der Waals surface area contributed by atoms with Crippen LogP contribution >= 0.6 is 11.8 Å². The minimum Gasteiger partial charge on any atom is -0.315 e. The van der Waals surface area contributed by atoms with E-state index in [0.29, 0.717) is 6.42 Å². The van der Waals surface area contributed by atoms with Gasteiger partial charge in [-0.2, -0.15) is 5.10 Å². The summed E-state index contributed by atoms with van der Waals surface area (Å²) in [5.74, 6) is 0.178. The van der Waals surface area contributed by atoms with Crippen molar-refractivity contribution in [2.45, 2.75) is 29.6 Å². The van der Waals surface area contributed by atoms with Crippen LogP contribution in [0.5, 0.6) is 0 Å². The minimum atomic E-state index is 0.178. The molecule has 2 aromatic carbocycles. The highest BCUT2D eigenvalue weighted by molar-refractivity contribution is 7.99. The van der Waals surface area contributed by atoms with Crippen LogP contribution in [-0.4, -0.2) is 23.2 Å². The van der Waals surface area contributed by atoms with Gasteiger partial charge in [0, 0.05) is 29.6 Å². The lowest BCUT2D eigenvalue weighted by atomic mass is 9.98. The van der Waals surface area contributed by atoms with Crippen LogP contribution < -0.4 is 4.90 Å². The van der Waals surface area contributed by atoms with Gasteiger partial charge in [-0.1, -0.05) is 35.5 Å². The van der Waals surface area contributed by atoms with Gasteiger partial charge in [-0.05, 0) is 43.2 Å². The molecule has 1 amide bonds. The standard InChI is InChI=1S/C20H19N3OS/c1-13-4-3-5-16(10-13)25-18-12-21-22-20(18)15-6-8-17-14(11-15)7-9-19(24)23(17)2/h3-6,8,10-12H,7,9H2,1-2H3,(H,21,22). The second-order valence-corrected chi connectivity index (χ2v) is 7.44. The predicted octanol–water partition coefficient (Wildman–Crippen LogP) is 4.45. The number of benzene rings is 2. The average Bonchev–Trinajstić information content (AvgIpc) is 3.06. The third-order valence-electron chi connectivity index (χ3n) is 4.53. The van der Waals surface area contributed by atoms with Gasteiger partial charge in [-0.25, -0.2) is 0 Å². The van der Waals surface area contributed by atoms with E-state index in [1.807, 2.05) is 19.3 Å². The second-order valence-electron chi connectivity index (χ2n) is 6.32. The van der Waals surface area contributed by atoms with Gasteiger partial charge in [0.25, 0.3) is 0 Å². The quantitative estimate of drug-likeness (QED) is 0.760. The normalized spacial score (nSPS) is 13.8. The first-order chi connectivity index (χ1) is 12.1. The lowest BCUT2D eigenvalue weighted by Gasteiger charge is -2.26. The number of rotatable bonds is 3. The molecule has 0 saturated heterocycles. The highest BCUT2D eigenvalue weighted by Crippen LogP contribution is 2.37. The molecule has 4 rings (SSSR count). The molecule has 5 heteroatoms. The Kier molecular flexibility index (Phi) is 4.09. The first-order valence-electron chi connectivity index (χ1n) is 8.29. The Hall–Kier alpha value is -2.53. The molecule has 0 aliphatic carbocycles. The number of aryl methyl sites for hydroxylation is 2.